The van der Waals surface area contributed by atoms with E-state index < -0.39 is 0 Å². The van der Waals surface area contributed by atoms with Crippen LogP contribution in [-0.2, 0) is 6.42 Å². The number of hydrogen-bond acceptors (Lipinski definition) is 1. The monoisotopic (exact) mass is 221 g/mol. The summed E-state index contributed by atoms with van der Waals surface area (Å²) >= 11 is 0. The van der Waals surface area contributed by atoms with Crippen molar-refractivity contribution in [2.75, 3.05) is 0 Å². The van der Waals surface area contributed by atoms with Crippen LogP contribution >= 0.6 is 0 Å². The van der Waals surface area contributed by atoms with Crippen LogP contribution in [0, 0.1) is 11.3 Å². The average Bonchev–Trinajstić information content (AvgIpc) is 2.40. The molecule has 0 aliphatic rings. The van der Waals surface area contributed by atoms with E-state index in [4.69, 9.17) is 5.26 Å². The fourth-order valence-electron chi connectivity index (χ4n) is 1.97. The summed E-state index contributed by atoms with van der Waals surface area (Å²) < 4.78 is 0. The van der Waals surface area contributed by atoms with Crippen LogP contribution in [0.25, 0.3) is 11.1 Å². The van der Waals surface area contributed by atoms with E-state index in [1.807, 2.05) is 24.3 Å². The summed E-state index contributed by atoms with van der Waals surface area (Å²) in [5, 5.41) is 9.07. The van der Waals surface area contributed by atoms with Gasteiger partial charge in [-0.05, 0) is 29.2 Å². The van der Waals surface area contributed by atoms with Crippen molar-refractivity contribution in [3.05, 3.63) is 59.7 Å². The zero-order chi connectivity index (χ0) is 12.1. The second-order valence-corrected chi connectivity index (χ2v) is 4.10. The first-order valence-corrected chi connectivity index (χ1v) is 5.93. The molecule has 0 spiro atoms. The van der Waals surface area contributed by atoms with Crippen LogP contribution in [0.15, 0.2) is 48.5 Å². The Morgan fingerprint density at radius 1 is 1.00 bits per heavy atom. The maximum Gasteiger partial charge on any atom is 0.0998 e. The maximum absolute atomic E-state index is 9.07. The molecule has 0 unspecified atom stereocenters. The molecule has 84 valence electrons. The summed E-state index contributed by atoms with van der Waals surface area (Å²) in [7, 11) is 0. The van der Waals surface area contributed by atoms with Crippen LogP contribution in [0.5, 0.6) is 0 Å². The lowest BCUT2D eigenvalue weighted by Gasteiger charge is -2.05. The second-order valence-electron chi connectivity index (χ2n) is 4.10. The molecular weight excluding hydrogens is 206 g/mol. The minimum Gasteiger partial charge on any atom is -0.192 e. The molecule has 0 aliphatic heterocycles. The van der Waals surface area contributed by atoms with Gasteiger partial charge in [0.25, 0.3) is 0 Å². The van der Waals surface area contributed by atoms with Gasteiger partial charge in [0.1, 0.15) is 0 Å². The van der Waals surface area contributed by atoms with Gasteiger partial charge in [-0.1, -0.05) is 55.8 Å². The molecule has 0 heterocycles. The Morgan fingerprint density at radius 3 is 2.35 bits per heavy atom. The van der Waals surface area contributed by atoms with Gasteiger partial charge in [0.2, 0.25) is 0 Å². The summed E-state index contributed by atoms with van der Waals surface area (Å²) in [6, 6.07) is 18.4. The molecule has 0 saturated heterocycles. The lowest BCUT2D eigenvalue weighted by molar-refractivity contribution is 0.922. The van der Waals surface area contributed by atoms with Crippen molar-refractivity contribution in [2.45, 2.75) is 19.8 Å². The number of aryl methyl sites for hydroxylation is 1. The summed E-state index contributed by atoms with van der Waals surface area (Å²) in [5.41, 5.74) is 4.21. The quantitative estimate of drug-likeness (QED) is 0.762. The van der Waals surface area contributed by atoms with Gasteiger partial charge in [-0.15, -0.1) is 0 Å². The van der Waals surface area contributed by atoms with Crippen LogP contribution in [0.3, 0.4) is 0 Å². The molecule has 0 radical (unpaired) electrons. The van der Waals surface area contributed by atoms with Crippen LogP contribution in [0.4, 0.5) is 0 Å². The Balaban J connectivity index is 2.37. The van der Waals surface area contributed by atoms with Gasteiger partial charge in [-0.2, -0.15) is 5.26 Å². The lowest BCUT2D eigenvalue weighted by Crippen LogP contribution is -1.86. The minimum atomic E-state index is 0.732. The predicted octanol–water partition coefficient (Wildman–Crippen LogP) is 4.18. The molecule has 0 atom stereocenters. The van der Waals surface area contributed by atoms with Crippen LogP contribution in [0.1, 0.15) is 24.5 Å². The molecule has 0 N–H and O–H groups in total. The molecule has 1 nitrogen and oxygen atoms in total. The normalized spacial score (nSPS) is 9.88. The Hall–Kier alpha value is -2.07. The van der Waals surface area contributed by atoms with Gasteiger partial charge in [0, 0.05) is 0 Å². The Morgan fingerprint density at radius 2 is 1.71 bits per heavy atom. The fourth-order valence-corrected chi connectivity index (χ4v) is 1.97. The third-order valence-corrected chi connectivity index (χ3v) is 2.85. The molecule has 0 aromatic heterocycles. The van der Waals surface area contributed by atoms with Crippen molar-refractivity contribution >= 4 is 0 Å². The molecule has 0 bridgehead atoms. The van der Waals surface area contributed by atoms with E-state index in [1.54, 1.807) is 0 Å². The minimum absolute atomic E-state index is 0.732. The number of hydrogen-bond donors (Lipinski definition) is 0. The Labute approximate surface area is 102 Å². The summed E-state index contributed by atoms with van der Waals surface area (Å²) in [6.45, 7) is 2.18. The van der Waals surface area contributed by atoms with E-state index >= 15 is 0 Å². The van der Waals surface area contributed by atoms with Gasteiger partial charge >= 0.3 is 0 Å². The number of nitrogens with zero attached hydrogens (tertiary/aromatic N) is 1. The van der Waals surface area contributed by atoms with Crippen molar-refractivity contribution < 1.29 is 0 Å². The van der Waals surface area contributed by atoms with E-state index in [1.165, 1.54) is 5.56 Å². The van der Waals surface area contributed by atoms with E-state index in [0.29, 0.717) is 0 Å². The first kappa shape index (κ1) is 11.4. The summed E-state index contributed by atoms with van der Waals surface area (Å²) in [5.74, 6) is 0. The van der Waals surface area contributed by atoms with Gasteiger partial charge in [-0.3, -0.25) is 0 Å². The topological polar surface area (TPSA) is 23.8 Å². The fraction of sp³-hybridized carbons (Fsp3) is 0.188. The average molecular weight is 221 g/mol. The van der Waals surface area contributed by atoms with E-state index in [-0.39, 0.29) is 0 Å². The van der Waals surface area contributed by atoms with Crippen molar-refractivity contribution in [1.29, 1.82) is 5.26 Å². The van der Waals surface area contributed by atoms with Crippen molar-refractivity contribution in [3.8, 4) is 17.2 Å². The van der Waals surface area contributed by atoms with Gasteiger partial charge in [0.05, 0.1) is 11.6 Å². The zero-order valence-corrected chi connectivity index (χ0v) is 9.98. The first-order chi connectivity index (χ1) is 8.35. The van der Waals surface area contributed by atoms with Gasteiger partial charge in [-0.25, -0.2) is 0 Å². The Bertz CT molecular complexity index is 532. The zero-order valence-electron chi connectivity index (χ0n) is 9.98. The SMILES string of the molecule is CCCc1ccc(-c2ccccc2C#N)cc1. The van der Waals surface area contributed by atoms with Gasteiger partial charge < -0.3 is 0 Å². The smallest absolute Gasteiger partial charge is 0.0998 e. The second kappa shape index (κ2) is 5.32. The predicted molar refractivity (Wildman–Crippen MR) is 70.6 cm³/mol. The molecular formula is C16H15N. The molecule has 17 heavy (non-hydrogen) atoms. The molecule has 0 fully saturated rings. The highest BCUT2D eigenvalue weighted by Gasteiger charge is 2.03. The third-order valence-electron chi connectivity index (χ3n) is 2.85. The highest BCUT2D eigenvalue weighted by molar-refractivity contribution is 5.70. The van der Waals surface area contributed by atoms with Crippen molar-refractivity contribution in [3.63, 3.8) is 0 Å². The Kier molecular flexibility index (Phi) is 3.57. The van der Waals surface area contributed by atoms with E-state index in [2.05, 4.69) is 37.3 Å². The van der Waals surface area contributed by atoms with Crippen molar-refractivity contribution in [1.82, 2.24) is 0 Å². The molecule has 0 saturated carbocycles. The van der Waals surface area contributed by atoms with Crippen molar-refractivity contribution in [2.24, 2.45) is 0 Å². The molecule has 0 amide bonds. The number of rotatable bonds is 3. The lowest BCUT2D eigenvalue weighted by atomic mass is 9.98. The van der Waals surface area contributed by atoms with Gasteiger partial charge in [0.15, 0.2) is 0 Å². The molecule has 2 rings (SSSR count). The first-order valence-electron chi connectivity index (χ1n) is 5.93. The number of nitriles is 1. The largest absolute Gasteiger partial charge is 0.192 e. The molecule has 1 heteroatoms. The van der Waals surface area contributed by atoms with E-state index in [9.17, 15) is 0 Å². The number of benzene rings is 2. The molecule has 2 aromatic rings. The highest BCUT2D eigenvalue weighted by Crippen LogP contribution is 2.23. The highest BCUT2D eigenvalue weighted by atomic mass is 14.2. The van der Waals surface area contributed by atoms with Crippen LogP contribution in [-0.4, -0.2) is 0 Å². The summed E-state index contributed by atoms with van der Waals surface area (Å²) in [6.07, 6.45) is 2.27. The molecule has 0 aliphatic carbocycles. The maximum atomic E-state index is 9.07. The van der Waals surface area contributed by atoms with Crippen LogP contribution < -0.4 is 0 Å². The molecule has 2 aromatic carbocycles. The van der Waals surface area contributed by atoms with Crippen LogP contribution in [0.2, 0.25) is 0 Å². The van der Waals surface area contributed by atoms with E-state index in [0.717, 1.165) is 29.5 Å². The standard InChI is InChI=1S/C16H15N/c1-2-5-13-8-10-14(11-9-13)16-7-4-3-6-15(16)12-17/h3-4,6-11H,2,5H2,1H3. The summed E-state index contributed by atoms with van der Waals surface area (Å²) in [4.78, 5) is 0. The third kappa shape index (κ3) is 2.54.